The van der Waals surface area contributed by atoms with Gasteiger partial charge in [-0.25, -0.2) is 4.79 Å². The van der Waals surface area contributed by atoms with Crippen LogP contribution in [0.1, 0.15) is 24.8 Å². The monoisotopic (exact) mass is 351 g/mol. The van der Waals surface area contributed by atoms with Gasteiger partial charge in [0.1, 0.15) is 0 Å². The molecule has 3 amide bonds. The minimum Gasteiger partial charge on any atom is -0.352 e. The topological polar surface area (TPSA) is 75.4 Å². The summed E-state index contributed by atoms with van der Waals surface area (Å²) in [5.74, 6) is 0.721. The Labute approximate surface area is 132 Å². The standard InChI is InChI=1S/C15H18BrN3O2/c16-12-3-1-2-10(4-12)9-19(13(20)8-18-14(17)21)15-5-11(6-15)7-15/h1-4,11H,5-9H2,(H3,17,18,21). The van der Waals surface area contributed by atoms with Crippen molar-refractivity contribution >= 4 is 27.9 Å². The van der Waals surface area contributed by atoms with Crippen LogP contribution >= 0.6 is 15.9 Å². The fourth-order valence-corrected chi connectivity index (χ4v) is 3.81. The first-order valence-electron chi connectivity index (χ1n) is 7.07. The minimum absolute atomic E-state index is 0.0173. The fourth-order valence-electron chi connectivity index (χ4n) is 3.36. The van der Waals surface area contributed by atoms with E-state index in [-0.39, 0.29) is 18.0 Å². The molecule has 0 spiro atoms. The fraction of sp³-hybridized carbons (Fsp3) is 0.467. The van der Waals surface area contributed by atoms with Crippen molar-refractivity contribution in [2.45, 2.75) is 31.3 Å². The van der Waals surface area contributed by atoms with Gasteiger partial charge in [-0.05, 0) is 42.9 Å². The summed E-state index contributed by atoms with van der Waals surface area (Å²) in [7, 11) is 0. The third-order valence-electron chi connectivity index (χ3n) is 4.52. The second-order valence-corrected chi connectivity index (χ2v) is 6.95. The lowest BCUT2D eigenvalue weighted by Gasteiger charge is -2.66. The normalized spacial score (nSPS) is 25.5. The number of rotatable bonds is 5. The molecule has 1 aromatic carbocycles. The molecule has 0 unspecified atom stereocenters. The Kier molecular flexibility index (Phi) is 3.65. The summed E-state index contributed by atoms with van der Waals surface area (Å²) in [6, 6.07) is 7.30. The molecule has 21 heavy (non-hydrogen) atoms. The van der Waals surface area contributed by atoms with Crippen LogP contribution in [0, 0.1) is 5.92 Å². The number of carbonyl (C=O) groups excluding carboxylic acids is 2. The zero-order valence-corrected chi connectivity index (χ0v) is 13.2. The van der Waals surface area contributed by atoms with E-state index in [0.29, 0.717) is 6.54 Å². The average Bonchev–Trinajstić information content (AvgIpc) is 2.31. The van der Waals surface area contributed by atoms with Gasteiger partial charge in [0, 0.05) is 16.6 Å². The first kappa shape index (κ1) is 14.4. The van der Waals surface area contributed by atoms with Crippen molar-refractivity contribution in [1.82, 2.24) is 10.2 Å². The molecule has 5 nitrogen and oxygen atoms in total. The predicted octanol–water partition coefficient (Wildman–Crippen LogP) is 2.00. The molecule has 6 heteroatoms. The number of benzene rings is 1. The van der Waals surface area contributed by atoms with Gasteiger partial charge < -0.3 is 16.0 Å². The number of halogens is 1. The number of nitrogens with one attached hydrogen (secondary N) is 1. The molecule has 0 saturated heterocycles. The molecule has 112 valence electrons. The van der Waals surface area contributed by atoms with Crippen molar-refractivity contribution < 1.29 is 9.59 Å². The summed E-state index contributed by atoms with van der Waals surface area (Å²) in [5.41, 5.74) is 6.15. The molecule has 0 aromatic heterocycles. The molecule has 2 bridgehead atoms. The van der Waals surface area contributed by atoms with Crippen molar-refractivity contribution in [1.29, 1.82) is 0 Å². The molecule has 3 N–H and O–H groups in total. The molecule has 0 radical (unpaired) electrons. The summed E-state index contributed by atoms with van der Waals surface area (Å²) in [6.07, 6.45) is 3.26. The largest absolute Gasteiger partial charge is 0.352 e. The van der Waals surface area contributed by atoms with Crippen LogP contribution in [0.5, 0.6) is 0 Å². The molecule has 0 aliphatic heterocycles. The van der Waals surface area contributed by atoms with Crippen LogP contribution in [-0.2, 0) is 11.3 Å². The predicted molar refractivity (Wildman–Crippen MR) is 82.4 cm³/mol. The van der Waals surface area contributed by atoms with Crippen LogP contribution < -0.4 is 11.1 Å². The van der Waals surface area contributed by atoms with Gasteiger partial charge in [0.2, 0.25) is 5.91 Å². The zero-order valence-electron chi connectivity index (χ0n) is 11.6. The van der Waals surface area contributed by atoms with Crippen LogP contribution in [0.3, 0.4) is 0 Å². The van der Waals surface area contributed by atoms with Crippen molar-refractivity contribution in [2.24, 2.45) is 11.7 Å². The Morgan fingerprint density at radius 3 is 2.62 bits per heavy atom. The maximum Gasteiger partial charge on any atom is 0.312 e. The van der Waals surface area contributed by atoms with Gasteiger partial charge in [0.25, 0.3) is 0 Å². The second-order valence-electron chi connectivity index (χ2n) is 6.03. The van der Waals surface area contributed by atoms with Crippen molar-refractivity contribution in [3.05, 3.63) is 34.3 Å². The van der Waals surface area contributed by atoms with Crippen LogP contribution in [0.2, 0.25) is 0 Å². The summed E-state index contributed by atoms with van der Waals surface area (Å²) in [6.45, 7) is 0.543. The molecule has 3 fully saturated rings. The zero-order chi connectivity index (χ0) is 15.0. The lowest BCUT2D eigenvalue weighted by molar-refractivity contribution is -0.173. The minimum atomic E-state index is -0.664. The van der Waals surface area contributed by atoms with Gasteiger partial charge >= 0.3 is 6.03 Å². The second kappa shape index (κ2) is 5.33. The quantitative estimate of drug-likeness (QED) is 0.851. The molecule has 3 aliphatic carbocycles. The van der Waals surface area contributed by atoms with Gasteiger partial charge in [-0.15, -0.1) is 0 Å². The first-order chi connectivity index (χ1) is 9.98. The molecule has 3 saturated carbocycles. The van der Waals surface area contributed by atoms with Crippen LogP contribution in [0.15, 0.2) is 28.7 Å². The molecule has 0 atom stereocenters. The molecule has 1 aromatic rings. The molecule has 3 aliphatic rings. The van der Waals surface area contributed by atoms with Gasteiger partial charge in [-0.2, -0.15) is 0 Å². The van der Waals surface area contributed by atoms with E-state index >= 15 is 0 Å². The summed E-state index contributed by atoms with van der Waals surface area (Å²) < 4.78 is 1.00. The van der Waals surface area contributed by atoms with E-state index in [0.717, 1.165) is 35.2 Å². The third-order valence-corrected chi connectivity index (χ3v) is 5.02. The number of nitrogens with zero attached hydrogens (tertiary/aromatic N) is 1. The van der Waals surface area contributed by atoms with Crippen molar-refractivity contribution in [2.75, 3.05) is 6.54 Å². The van der Waals surface area contributed by atoms with E-state index in [1.807, 2.05) is 29.2 Å². The number of amides is 3. The van der Waals surface area contributed by atoms with E-state index in [4.69, 9.17) is 5.73 Å². The van der Waals surface area contributed by atoms with Gasteiger partial charge in [-0.3, -0.25) is 4.79 Å². The maximum absolute atomic E-state index is 12.4. The number of primary amides is 1. The Balaban J connectivity index is 1.73. The number of hydrogen-bond donors (Lipinski definition) is 2. The number of nitrogens with two attached hydrogens (primary N) is 1. The first-order valence-corrected chi connectivity index (χ1v) is 7.86. The smallest absolute Gasteiger partial charge is 0.312 e. The highest BCUT2D eigenvalue weighted by Crippen LogP contribution is 2.60. The number of hydrogen-bond acceptors (Lipinski definition) is 2. The lowest BCUT2D eigenvalue weighted by atomic mass is 9.49. The van der Waals surface area contributed by atoms with E-state index in [1.165, 1.54) is 0 Å². The van der Waals surface area contributed by atoms with Crippen LogP contribution in [0.4, 0.5) is 4.79 Å². The van der Waals surface area contributed by atoms with E-state index in [9.17, 15) is 9.59 Å². The highest BCUT2D eigenvalue weighted by molar-refractivity contribution is 9.10. The highest BCUT2D eigenvalue weighted by atomic mass is 79.9. The van der Waals surface area contributed by atoms with Crippen molar-refractivity contribution in [3.8, 4) is 0 Å². The van der Waals surface area contributed by atoms with E-state index < -0.39 is 6.03 Å². The number of carbonyl (C=O) groups is 2. The average molecular weight is 352 g/mol. The molecular weight excluding hydrogens is 334 g/mol. The molecule has 4 rings (SSSR count). The number of urea groups is 1. The Bertz CT molecular complexity index is 573. The molecule has 0 heterocycles. The summed E-state index contributed by atoms with van der Waals surface area (Å²) >= 11 is 3.45. The van der Waals surface area contributed by atoms with Gasteiger partial charge in [0.15, 0.2) is 0 Å². The van der Waals surface area contributed by atoms with Crippen LogP contribution in [-0.4, -0.2) is 28.9 Å². The highest BCUT2D eigenvalue weighted by Gasteiger charge is 2.60. The van der Waals surface area contributed by atoms with Gasteiger partial charge in [0.05, 0.1) is 6.54 Å². The maximum atomic E-state index is 12.4. The molecular formula is C15H18BrN3O2. The summed E-state index contributed by atoms with van der Waals surface area (Å²) in [4.78, 5) is 25.2. The van der Waals surface area contributed by atoms with Gasteiger partial charge in [-0.1, -0.05) is 28.1 Å². The Hall–Kier alpha value is -1.56. The summed E-state index contributed by atoms with van der Waals surface area (Å²) in [5, 5.41) is 2.40. The SMILES string of the molecule is NC(=O)NCC(=O)N(Cc1cccc(Br)c1)C12CC(C1)C2. The Morgan fingerprint density at radius 2 is 2.10 bits per heavy atom. The third kappa shape index (κ3) is 2.77. The lowest BCUT2D eigenvalue weighted by Crippen LogP contribution is -2.70. The Morgan fingerprint density at radius 1 is 1.38 bits per heavy atom. The van der Waals surface area contributed by atoms with E-state index in [2.05, 4.69) is 21.2 Å². The van der Waals surface area contributed by atoms with Crippen molar-refractivity contribution in [3.63, 3.8) is 0 Å². The van der Waals surface area contributed by atoms with Crippen LogP contribution in [0.25, 0.3) is 0 Å². The van der Waals surface area contributed by atoms with E-state index in [1.54, 1.807) is 0 Å².